The van der Waals surface area contributed by atoms with Crippen molar-refractivity contribution in [1.82, 2.24) is 10.6 Å². The second kappa shape index (κ2) is 10.3. The van der Waals surface area contributed by atoms with Crippen LogP contribution in [-0.2, 0) is 4.79 Å². The quantitative estimate of drug-likeness (QED) is 0.410. The molecule has 2 aromatic carbocycles. The SMILES string of the molecule is C[C@@H](NC(=O)NCCCCCCN=C=O)c1cccc2ccccc12. The van der Waals surface area contributed by atoms with Gasteiger partial charge in [0.15, 0.2) is 0 Å². The smallest absolute Gasteiger partial charge is 0.315 e. The van der Waals surface area contributed by atoms with Gasteiger partial charge in [-0.05, 0) is 36.1 Å². The predicted molar refractivity (Wildman–Crippen MR) is 100 cm³/mol. The predicted octanol–water partition coefficient (Wildman–Crippen LogP) is 4.10. The van der Waals surface area contributed by atoms with E-state index < -0.39 is 0 Å². The van der Waals surface area contributed by atoms with Gasteiger partial charge in [-0.25, -0.2) is 14.6 Å². The summed E-state index contributed by atoms with van der Waals surface area (Å²) in [5.41, 5.74) is 1.11. The van der Waals surface area contributed by atoms with E-state index >= 15 is 0 Å². The highest BCUT2D eigenvalue weighted by atomic mass is 16.2. The minimum Gasteiger partial charge on any atom is -0.338 e. The topological polar surface area (TPSA) is 70.6 Å². The molecular formula is C20H25N3O2. The first-order valence-corrected chi connectivity index (χ1v) is 8.78. The van der Waals surface area contributed by atoms with Gasteiger partial charge in [0.1, 0.15) is 0 Å². The number of unbranched alkanes of at least 4 members (excludes halogenated alkanes) is 3. The van der Waals surface area contributed by atoms with Crippen LogP contribution < -0.4 is 10.6 Å². The second-order valence-electron chi connectivity index (χ2n) is 6.08. The summed E-state index contributed by atoms with van der Waals surface area (Å²) < 4.78 is 0. The average molecular weight is 339 g/mol. The Labute approximate surface area is 148 Å². The fraction of sp³-hybridized carbons (Fsp3) is 0.400. The largest absolute Gasteiger partial charge is 0.338 e. The zero-order valence-electron chi connectivity index (χ0n) is 14.6. The monoisotopic (exact) mass is 339 g/mol. The van der Waals surface area contributed by atoms with Crippen molar-refractivity contribution < 1.29 is 9.59 Å². The van der Waals surface area contributed by atoms with Crippen molar-refractivity contribution in [2.24, 2.45) is 4.99 Å². The molecule has 132 valence electrons. The summed E-state index contributed by atoms with van der Waals surface area (Å²) in [5.74, 6) is 0. The van der Waals surface area contributed by atoms with Gasteiger partial charge in [-0.1, -0.05) is 55.3 Å². The van der Waals surface area contributed by atoms with Gasteiger partial charge in [0.25, 0.3) is 0 Å². The number of benzene rings is 2. The maximum absolute atomic E-state index is 12.1. The number of fused-ring (bicyclic) bond motifs is 1. The van der Waals surface area contributed by atoms with Crippen molar-refractivity contribution in [3.05, 3.63) is 48.0 Å². The van der Waals surface area contributed by atoms with Crippen LogP contribution in [0.15, 0.2) is 47.5 Å². The molecule has 0 aliphatic heterocycles. The maximum Gasteiger partial charge on any atom is 0.315 e. The van der Waals surface area contributed by atoms with Gasteiger partial charge in [-0.3, -0.25) is 0 Å². The summed E-state index contributed by atoms with van der Waals surface area (Å²) in [6.07, 6.45) is 5.35. The molecule has 0 bridgehead atoms. The number of amides is 2. The molecule has 0 saturated carbocycles. The molecule has 0 saturated heterocycles. The van der Waals surface area contributed by atoms with Gasteiger partial charge in [-0.2, -0.15) is 0 Å². The van der Waals surface area contributed by atoms with Crippen molar-refractivity contribution >= 4 is 22.9 Å². The molecule has 5 nitrogen and oxygen atoms in total. The fourth-order valence-electron chi connectivity index (χ4n) is 2.87. The number of nitrogens with one attached hydrogen (secondary N) is 2. The molecule has 0 unspecified atom stereocenters. The van der Waals surface area contributed by atoms with Gasteiger partial charge in [-0.15, -0.1) is 0 Å². The molecule has 0 fully saturated rings. The molecule has 0 aliphatic carbocycles. The minimum atomic E-state index is -0.147. The summed E-state index contributed by atoms with van der Waals surface area (Å²) in [4.78, 5) is 25.5. The van der Waals surface area contributed by atoms with Crippen LogP contribution in [0.25, 0.3) is 10.8 Å². The van der Waals surface area contributed by atoms with E-state index in [9.17, 15) is 9.59 Å². The number of isocyanates is 1. The lowest BCUT2D eigenvalue weighted by atomic mass is 10.00. The van der Waals surface area contributed by atoms with Gasteiger partial charge >= 0.3 is 6.03 Å². The molecule has 2 aromatic rings. The number of aliphatic imine (C=N–C) groups is 1. The van der Waals surface area contributed by atoms with E-state index in [1.54, 1.807) is 0 Å². The van der Waals surface area contributed by atoms with Crippen LogP contribution >= 0.6 is 0 Å². The van der Waals surface area contributed by atoms with Gasteiger partial charge < -0.3 is 10.6 Å². The van der Waals surface area contributed by atoms with E-state index in [1.807, 2.05) is 25.1 Å². The van der Waals surface area contributed by atoms with E-state index in [1.165, 1.54) is 11.5 Å². The Morgan fingerprint density at radius 2 is 1.84 bits per heavy atom. The molecule has 25 heavy (non-hydrogen) atoms. The van der Waals surface area contributed by atoms with E-state index in [0.717, 1.165) is 36.6 Å². The lowest BCUT2D eigenvalue weighted by Gasteiger charge is -2.17. The minimum absolute atomic E-state index is 0.0627. The lowest BCUT2D eigenvalue weighted by molar-refractivity contribution is 0.237. The van der Waals surface area contributed by atoms with Crippen LogP contribution in [0, 0.1) is 0 Å². The summed E-state index contributed by atoms with van der Waals surface area (Å²) in [7, 11) is 0. The molecule has 0 heterocycles. The van der Waals surface area contributed by atoms with Crippen LogP contribution in [0.2, 0.25) is 0 Å². The number of carbonyl (C=O) groups excluding carboxylic acids is 2. The highest BCUT2D eigenvalue weighted by molar-refractivity contribution is 5.86. The van der Waals surface area contributed by atoms with Crippen molar-refractivity contribution in [2.45, 2.75) is 38.6 Å². The van der Waals surface area contributed by atoms with E-state index in [4.69, 9.17) is 0 Å². The molecule has 0 aliphatic rings. The van der Waals surface area contributed by atoms with Crippen molar-refractivity contribution in [3.8, 4) is 0 Å². The van der Waals surface area contributed by atoms with Crippen LogP contribution in [0.5, 0.6) is 0 Å². The Morgan fingerprint density at radius 1 is 1.08 bits per heavy atom. The molecule has 2 N–H and O–H groups in total. The third-order valence-corrected chi connectivity index (χ3v) is 4.18. The number of urea groups is 1. The van der Waals surface area contributed by atoms with E-state index in [2.05, 4.69) is 39.9 Å². The summed E-state index contributed by atoms with van der Waals surface area (Å²) >= 11 is 0. The molecule has 2 rings (SSSR count). The third kappa shape index (κ3) is 6.05. The first kappa shape index (κ1) is 18.7. The fourth-order valence-corrected chi connectivity index (χ4v) is 2.87. The maximum atomic E-state index is 12.1. The molecule has 0 aromatic heterocycles. The molecule has 2 amide bonds. The third-order valence-electron chi connectivity index (χ3n) is 4.18. The first-order chi connectivity index (χ1) is 12.2. The highest BCUT2D eigenvalue weighted by Gasteiger charge is 2.11. The molecule has 5 heteroatoms. The van der Waals surface area contributed by atoms with Gasteiger partial charge in [0, 0.05) is 6.54 Å². The number of hydrogen-bond donors (Lipinski definition) is 2. The number of carbonyl (C=O) groups is 1. The molecule has 1 atom stereocenters. The Hall–Kier alpha value is -2.65. The standard InChI is InChI=1S/C20H25N3O2/c1-16(18-12-8-10-17-9-4-5-11-19(17)18)23-20(25)22-14-7-3-2-6-13-21-15-24/h4-5,8-12,16H,2-3,6-7,13-14H2,1H3,(H2,22,23,25)/t16-/m1/s1. The number of hydrogen-bond acceptors (Lipinski definition) is 3. The van der Waals surface area contributed by atoms with E-state index in [0.29, 0.717) is 13.1 Å². The normalized spacial score (nSPS) is 11.6. The number of rotatable bonds is 9. The highest BCUT2D eigenvalue weighted by Crippen LogP contribution is 2.23. The first-order valence-electron chi connectivity index (χ1n) is 8.78. The van der Waals surface area contributed by atoms with Crippen LogP contribution in [0.3, 0.4) is 0 Å². The van der Waals surface area contributed by atoms with E-state index in [-0.39, 0.29) is 12.1 Å². The average Bonchev–Trinajstić information content (AvgIpc) is 2.63. The molecule has 0 radical (unpaired) electrons. The zero-order chi connectivity index (χ0) is 17.9. The Bertz CT molecular complexity index is 733. The van der Waals surface area contributed by atoms with Crippen LogP contribution in [0.4, 0.5) is 4.79 Å². The van der Waals surface area contributed by atoms with Crippen LogP contribution in [0.1, 0.15) is 44.2 Å². The molecular weight excluding hydrogens is 314 g/mol. The zero-order valence-corrected chi connectivity index (χ0v) is 14.6. The Balaban J connectivity index is 1.74. The van der Waals surface area contributed by atoms with Gasteiger partial charge in [0.05, 0.1) is 12.6 Å². The summed E-state index contributed by atoms with van der Waals surface area (Å²) in [6, 6.07) is 14.1. The Morgan fingerprint density at radius 3 is 2.68 bits per heavy atom. The number of nitrogens with zero attached hydrogens (tertiary/aromatic N) is 1. The van der Waals surface area contributed by atoms with Crippen LogP contribution in [-0.4, -0.2) is 25.2 Å². The summed E-state index contributed by atoms with van der Waals surface area (Å²) in [5, 5.41) is 8.23. The lowest BCUT2D eigenvalue weighted by Crippen LogP contribution is -2.37. The van der Waals surface area contributed by atoms with Crippen molar-refractivity contribution in [1.29, 1.82) is 0 Å². The molecule has 0 spiro atoms. The Kier molecular flexibility index (Phi) is 7.67. The van der Waals surface area contributed by atoms with Crippen molar-refractivity contribution in [2.75, 3.05) is 13.1 Å². The second-order valence-corrected chi connectivity index (χ2v) is 6.08. The summed E-state index contributed by atoms with van der Waals surface area (Å²) in [6.45, 7) is 3.18. The van der Waals surface area contributed by atoms with Crippen molar-refractivity contribution in [3.63, 3.8) is 0 Å². The van der Waals surface area contributed by atoms with Gasteiger partial charge in [0.2, 0.25) is 6.08 Å².